The van der Waals surface area contributed by atoms with E-state index in [0.717, 1.165) is 58.9 Å². The highest BCUT2D eigenvalue weighted by molar-refractivity contribution is 5.78. The van der Waals surface area contributed by atoms with E-state index in [4.69, 9.17) is 14.5 Å². The van der Waals surface area contributed by atoms with E-state index in [1.165, 1.54) is 0 Å². The molecule has 0 aliphatic heterocycles. The molecule has 1 heterocycles. The fraction of sp³-hybridized carbons (Fsp3) is 0.310. The first kappa shape index (κ1) is 24.3. The number of hydrogen-bond acceptors (Lipinski definition) is 4. The summed E-state index contributed by atoms with van der Waals surface area (Å²) in [5.74, 6) is 2.74. The molecule has 0 saturated carbocycles. The second-order valence-corrected chi connectivity index (χ2v) is 8.61. The van der Waals surface area contributed by atoms with Gasteiger partial charge in [0.2, 0.25) is 5.91 Å². The lowest BCUT2D eigenvalue weighted by Crippen LogP contribution is -2.28. The number of imidazole rings is 1. The maximum Gasteiger partial charge on any atom is 0.224 e. The van der Waals surface area contributed by atoms with E-state index in [2.05, 4.69) is 28.9 Å². The number of fused-ring (bicyclic) bond motifs is 1. The Balaban J connectivity index is 1.29. The second-order valence-electron chi connectivity index (χ2n) is 8.61. The Labute approximate surface area is 206 Å². The molecule has 0 aliphatic rings. The van der Waals surface area contributed by atoms with E-state index >= 15 is 0 Å². The van der Waals surface area contributed by atoms with Crippen LogP contribution in [0.2, 0.25) is 0 Å². The van der Waals surface area contributed by atoms with Gasteiger partial charge in [-0.2, -0.15) is 0 Å². The summed E-state index contributed by atoms with van der Waals surface area (Å²) in [7, 11) is 1.63. The number of rotatable bonds is 12. The van der Waals surface area contributed by atoms with Crippen molar-refractivity contribution in [3.05, 3.63) is 89.7 Å². The summed E-state index contributed by atoms with van der Waals surface area (Å²) in [4.78, 5) is 17.3. The van der Waals surface area contributed by atoms with Crippen LogP contribution in [0.3, 0.4) is 0 Å². The van der Waals surface area contributed by atoms with Gasteiger partial charge in [-0.15, -0.1) is 0 Å². The van der Waals surface area contributed by atoms with Crippen molar-refractivity contribution in [3.8, 4) is 11.5 Å². The second kappa shape index (κ2) is 12.1. The van der Waals surface area contributed by atoms with Gasteiger partial charge in [0.15, 0.2) is 0 Å². The number of nitrogens with one attached hydrogen (secondary N) is 1. The van der Waals surface area contributed by atoms with Gasteiger partial charge in [0, 0.05) is 19.5 Å². The van der Waals surface area contributed by atoms with Gasteiger partial charge in [-0.05, 0) is 61.2 Å². The van der Waals surface area contributed by atoms with Gasteiger partial charge in [-0.3, -0.25) is 4.79 Å². The van der Waals surface area contributed by atoms with Crippen molar-refractivity contribution in [3.63, 3.8) is 0 Å². The molecule has 4 aromatic rings. The fourth-order valence-electron chi connectivity index (χ4n) is 4.14. The monoisotopic (exact) mass is 471 g/mol. The number of unbranched alkanes of at least 4 members (excludes halogenated alkanes) is 1. The molecule has 1 aromatic heterocycles. The minimum atomic E-state index is 0.00572. The minimum absolute atomic E-state index is 0.00572. The van der Waals surface area contributed by atoms with Gasteiger partial charge in [0.1, 0.15) is 17.3 Å². The Bertz CT molecular complexity index is 1250. The quantitative estimate of drug-likeness (QED) is 0.292. The van der Waals surface area contributed by atoms with Crippen LogP contribution in [-0.4, -0.2) is 35.7 Å². The number of carbonyl (C=O) groups excluding carboxylic acids is 1. The first-order valence-electron chi connectivity index (χ1n) is 12.2. The van der Waals surface area contributed by atoms with Gasteiger partial charge in [0.25, 0.3) is 0 Å². The molecule has 0 saturated heterocycles. The highest BCUT2D eigenvalue weighted by Gasteiger charge is 2.11. The third kappa shape index (κ3) is 6.63. The number of aryl methyl sites for hydroxylation is 2. The zero-order valence-electron chi connectivity index (χ0n) is 20.5. The van der Waals surface area contributed by atoms with Crippen LogP contribution in [0.15, 0.2) is 72.8 Å². The molecule has 0 fully saturated rings. The van der Waals surface area contributed by atoms with Crippen molar-refractivity contribution in [2.45, 2.75) is 39.2 Å². The normalized spacial score (nSPS) is 10.9. The van der Waals surface area contributed by atoms with E-state index in [1.807, 2.05) is 60.7 Å². The molecule has 0 atom stereocenters. The summed E-state index contributed by atoms with van der Waals surface area (Å²) in [6, 6.07) is 23.9. The standard InChI is InChI=1S/C29H33N3O3/c1-22-9-3-6-12-27(22)35-20-8-7-19-32-26-11-5-4-10-25(26)31-28(32)17-18-30-29(33)21-23-13-15-24(34-2)16-14-23/h3-6,9-16H,7-8,17-21H2,1-2H3,(H,30,33). The summed E-state index contributed by atoms with van der Waals surface area (Å²) in [6.07, 6.45) is 2.98. The third-order valence-electron chi connectivity index (χ3n) is 6.06. The zero-order chi connectivity index (χ0) is 24.5. The van der Waals surface area contributed by atoms with E-state index < -0.39 is 0 Å². The Morgan fingerprint density at radius 1 is 0.971 bits per heavy atom. The van der Waals surface area contributed by atoms with Gasteiger partial charge in [-0.1, -0.05) is 42.5 Å². The summed E-state index contributed by atoms with van der Waals surface area (Å²) < 4.78 is 13.4. The van der Waals surface area contributed by atoms with Crippen LogP contribution in [0, 0.1) is 6.92 Å². The lowest BCUT2D eigenvalue weighted by Gasteiger charge is -2.11. The van der Waals surface area contributed by atoms with E-state index in [0.29, 0.717) is 26.0 Å². The number of methoxy groups -OCH3 is 1. The number of para-hydroxylation sites is 3. The first-order valence-corrected chi connectivity index (χ1v) is 12.2. The van der Waals surface area contributed by atoms with Crippen LogP contribution in [-0.2, 0) is 24.2 Å². The van der Waals surface area contributed by atoms with Gasteiger partial charge < -0.3 is 19.4 Å². The van der Waals surface area contributed by atoms with Gasteiger partial charge in [-0.25, -0.2) is 4.98 Å². The van der Waals surface area contributed by atoms with Crippen molar-refractivity contribution < 1.29 is 14.3 Å². The number of amides is 1. The van der Waals surface area contributed by atoms with E-state index in [9.17, 15) is 4.79 Å². The van der Waals surface area contributed by atoms with Crippen molar-refractivity contribution in [1.82, 2.24) is 14.9 Å². The Kier molecular flexibility index (Phi) is 8.39. The molecule has 0 aliphatic carbocycles. The average Bonchev–Trinajstić information content (AvgIpc) is 3.22. The van der Waals surface area contributed by atoms with Crippen LogP contribution in [0.25, 0.3) is 11.0 Å². The van der Waals surface area contributed by atoms with Crippen molar-refractivity contribution in [2.75, 3.05) is 20.3 Å². The molecule has 35 heavy (non-hydrogen) atoms. The lowest BCUT2D eigenvalue weighted by atomic mass is 10.1. The molecule has 1 amide bonds. The molecule has 0 unspecified atom stereocenters. The molecule has 6 heteroatoms. The average molecular weight is 472 g/mol. The topological polar surface area (TPSA) is 65.4 Å². The zero-order valence-corrected chi connectivity index (χ0v) is 20.5. The molecule has 0 bridgehead atoms. The molecule has 182 valence electrons. The first-order chi connectivity index (χ1) is 17.1. The molecule has 0 spiro atoms. The number of carbonyl (C=O) groups is 1. The van der Waals surface area contributed by atoms with Crippen LogP contribution >= 0.6 is 0 Å². The van der Waals surface area contributed by atoms with E-state index in [1.54, 1.807) is 7.11 Å². The van der Waals surface area contributed by atoms with Gasteiger partial charge >= 0.3 is 0 Å². The number of benzene rings is 3. The maximum atomic E-state index is 12.4. The maximum absolute atomic E-state index is 12.4. The predicted octanol–water partition coefficient (Wildman–Crippen LogP) is 5.11. The Morgan fingerprint density at radius 3 is 2.54 bits per heavy atom. The van der Waals surface area contributed by atoms with Crippen LogP contribution in [0.4, 0.5) is 0 Å². The van der Waals surface area contributed by atoms with Gasteiger partial charge in [0.05, 0.1) is 31.2 Å². The van der Waals surface area contributed by atoms with Crippen molar-refractivity contribution in [2.24, 2.45) is 0 Å². The number of hydrogen-bond donors (Lipinski definition) is 1. The molecule has 1 N–H and O–H groups in total. The highest BCUT2D eigenvalue weighted by atomic mass is 16.5. The molecule has 3 aromatic carbocycles. The van der Waals surface area contributed by atoms with Crippen molar-refractivity contribution >= 4 is 16.9 Å². The van der Waals surface area contributed by atoms with Crippen LogP contribution < -0.4 is 14.8 Å². The molecular weight excluding hydrogens is 438 g/mol. The predicted molar refractivity (Wildman–Crippen MR) is 139 cm³/mol. The third-order valence-corrected chi connectivity index (χ3v) is 6.06. The molecule has 0 radical (unpaired) electrons. The number of ether oxygens (including phenoxy) is 2. The van der Waals surface area contributed by atoms with E-state index in [-0.39, 0.29) is 5.91 Å². The smallest absolute Gasteiger partial charge is 0.224 e. The highest BCUT2D eigenvalue weighted by Crippen LogP contribution is 2.19. The minimum Gasteiger partial charge on any atom is -0.497 e. The fourth-order valence-corrected chi connectivity index (χ4v) is 4.14. The molecule has 6 nitrogen and oxygen atoms in total. The lowest BCUT2D eigenvalue weighted by molar-refractivity contribution is -0.120. The van der Waals surface area contributed by atoms with Crippen molar-refractivity contribution in [1.29, 1.82) is 0 Å². The largest absolute Gasteiger partial charge is 0.497 e. The molecular formula is C29H33N3O3. The Morgan fingerprint density at radius 2 is 1.74 bits per heavy atom. The SMILES string of the molecule is COc1ccc(CC(=O)NCCc2nc3ccccc3n2CCCCOc2ccccc2C)cc1. The number of nitrogens with zero attached hydrogens (tertiary/aromatic N) is 2. The number of aromatic nitrogens is 2. The van der Waals surface area contributed by atoms with Crippen LogP contribution in [0.1, 0.15) is 29.8 Å². The summed E-state index contributed by atoms with van der Waals surface area (Å²) >= 11 is 0. The molecule has 4 rings (SSSR count). The summed E-state index contributed by atoms with van der Waals surface area (Å²) in [6.45, 7) is 4.17. The summed E-state index contributed by atoms with van der Waals surface area (Å²) in [5.41, 5.74) is 4.24. The van der Waals surface area contributed by atoms with Crippen LogP contribution in [0.5, 0.6) is 11.5 Å². The Hall–Kier alpha value is -3.80. The summed E-state index contributed by atoms with van der Waals surface area (Å²) in [5, 5.41) is 3.04.